The minimum Gasteiger partial charge on any atom is -0.381 e. The Morgan fingerprint density at radius 2 is 2.11 bits per heavy atom. The predicted octanol–water partition coefficient (Wildman–Crippen LogP) is 3.58. The molecule has 10 nitrogen and oxygen atoms in total. The van der Waals surface area contributed by atoms with Gasteiger partial charge in [-0.1, -0.05) is 19.8 Å². The van der Waals surface area contributed by atoms with Crippen molar-refractivity contribution in [2.45, 2.75) is 57.6 Å². The molecular formula is C26H35N7O3. The lowest BCUT2D eigenvalue weighted by molar-refractivity contribution is -0.0147. The number of rotatable bonds is 8. The number of methoxy groups -OCH3 is 1. The summed E-state index contributed by atoms with van der Waals surface area (Å²) in [5, 5.41) is 13.7. The highest BCUT2D eigenvalue weighted by atomic mass is 16.5. The van der Waals surface area contributed by atoms with Crippen LogP contribution in [0.2, 0.25) is 0 Å². The number of nitrogens with zero attached hydrogens (tertiary/aromatic N) is 4. The van der Waals surface area contributed by atoms with E-state index in [4.69, 9.17) is 4.74 Å². The van der Waals surface area contributed by atoms with Gasteiger partial charge in [0.05, 0.1) is 12.3 Å². The Labute approximate surface area is 210 Å². The molecule has 2 saturated carbocycles. The quantitative estimate of drug-likeness (QED) is 0.439. The number of hydrogen-bond acceptors (Lipinski definition) is 7. The molecule has 0 spiro atoms. The zero-order chi connectivity index (χ0) is 25.2. The monoisotopic (exact) mass is 493 g/mol. The average molecular weight is 494 g/mol. The summed E-state index contributed by atoms with van der Waals surface area (Å²) in [7, 11) is 3.49. The Morgan fingerprint density at radius 1 is 1.25 bits per heavy atom. The third kappa shape index (κ3) is 4.69. The van der Waals surface area contributed by atoms with E-state index < -0.39 is 0 Å². The van der Waals surface area contributed by atoms with E-state index in [1.807, 2.05) is 16.8 Å². The van der Waals surface area contributed by atoms with Crippen LogP contribution < -0.4 is 21.5 Å². The second kappa shape index (κ2) is 10.3. The lowest BCUT2D eigenvalue weighted by Gasteiger charge is -2.35. The van der Waals surface area contributed by atoms with Crippen molar-refractivity contribution in [3.05, 3.63) is 46.5 Å². The number of aromatic nitrogens is 4. The normalized spacial score (nSPS) is 23.8. The van der Waals surface area contributed by atoms with Crippen LogP contribution >= 0.6 is 0 Å². The fourth-order valence-corrected chi connectivity index (χ4v) is 5.45. The number of ether oxygens (including phenoxy) is 1. The van der Waals surface area contributed by atoms with Gasteiger partial charge >= 0.3 is 0 Å². The predicted molar refractivity (Wildman–Crippen MR) is 139 cm³/mol. The minimum absolute atomic E-state index is 0.0658. The molecule has 2 aliphatic rings. The molecule has 0 radical (unpaired) electrons. The van der Waals surface area contributed by atoms with Gasteiger partial charge < -0.3 is 25.3 Å². The molecule has 0 aliphatic heterocycles. The Morgan fingerprint density at radius 3 is 2.83 bits per heavy atom. The van der Waals surface area contributed by atoms with Gasteiger partial charge in [0, 0.05) is 44.9 Å². The van der Waals surface area contributed by atoms with Gasteiger partial charge in [-0.25, -0.2) is 4.98 Å². The lowest BCUT2D eigenvalue weighted by Crippen LogP contribution is -2.42. The van der Waals surface area contributed by atoms with Gasteiger partial charge in [0.2, 0.25) is 0 Å². The first-order valence-electron chi connectivity index (χ1n) is 12.8. The summed E-state index contributed by atoms with van der Waals surface area (Å²) in [5.41, 5.74) is 1.18. The number of carbonyl (C=O) groups is 1. The van der Waals surface area contributed by atoms with Crippen LogP contribution in [-0.4, -0.2) is 51.9 Å². The number of fused-ring (bicyclic) bond motifs is 1. The van der Waals surface area contributed by atoms with Crippen LogP contribution in [0.3, 0.4) is 0 Å². The summed E-state index contributed by atoms with van der Waals surface area (Å²) in [6, 6.07) is 5.65. The van der Waals surface area contributed by atoms with Gasteiger partial charge in [0.25, 0.3) is 11.5 Å². The number of anilines is 3. The van der Waals surface area contributed by atoms with Crippen molar-refractivity contribution in [2.24, 2.45) is 11.8 Å². The molecule has 36 heavy (non-hydrogen) atoms. The first kappa shape index (κ1) is 24.3. The van der Waals surface area contributed by atoms with Crippen molar-refractivity contribution >= 4 is 28.9 Å². The molecule has 3 aromatic heterocycles. The zero-order valence-electron chi connectivity index (χ0n) is 21.2. The highest BCUT2D eigenvalue weighted by Crippen LogP contribution is 2.32. The summed E-state index contributed by atoms with van der Waals surface area (Å²) in [4.78, 5) is 31.0. The van der Waals surface area contributed by atoms with E-state index in [0.717, 1.165) is 32.1 Å². The van der Waals surface area contributed by atoms with Crippen molar-refractivity contribution in [3.63, 3.8) is 0 Å². The first-order chi connectivity index (χ1) is 17.5. The summed E-state index contributed by atoms with van der Waals surface area (Å²) < 4.78 is 8.87. The largest absolute Gasteiger partial charge is 0.381 e. The van der Waals surface area contributed by atoms with E-state index in [9.17, 15) is 9.59 Å². The zero-order valence-corrected chi connectivity index (χ0v) is 21.2. The second-order valence-electron chi connectivity index (χ2n) is 10.1. The maximum Gasteiger partial charge on any atom is 0.274 e. The average Bonchev–Trinajstić information content (AvgIpc) is 3.28. The number of hydrogen-bond donors (Lipinski definition) is 3. The minimum atomic E-state index is -0.230. The highest BCUT2D eigenvalue weighted by molar-refractivity contribution is 6.00. The van der Waals surface area contributed by atoms with Crippen molar-refractivity contribution in [1.82, 2.24) is 24.5 Å². The second-order valence-corrected chi connectivity index (χ2v) is 10.1. The van der Waals surface area contributed by atoms with E-state index in [2.05, 4.69) is 33.0 Å². The smallest absolute Gasteiger partial charge is 0.274 e. The van der Waals surface area contributed by atoms with Crippen molar-refractivity contribution in [3.8, 4) is 0 Å². The van der Waals surface area contributed by atoms with Crippen LogP contribution in [0.5, 0.6) is 0 Å². The molecule has 10 heteroatoms. The van der Waals surface area contributed by atoms with Crippen molar-refractivity contribution in [2.75, 3.05) is 31.3 Å². The van der Waals surface area contributed by atoms with E-state index in [-0.39, 0.29) is 23.6 Å². The third-order valence-electron chi connectivity index (χ3n) is 7.69. The highest BCUT2D eigenvalue weighted by Gasteiger charge is 2.31. The van der Waals surface area contributed by atoms with Gasteiger partial charge in [0.1, 0.15) is 22.9 Å². The molecule has 0 saturated heterocycles. The Kier molecular flexibility index (Phi) is 6.95. The molecule has 192 valence electrons. The molecule has 1 unspecified atom stereocenters. The molecule has 0 bridgehead atoms. The number of nitrogens with one attached hydrogen (secondary N) is 3. The molecule has 1 amide bonds. The maximum atomic E-state index is 13.3. The molecule has 0 aromatic carbocycles. The molecular weight excluding hydrogens is 458 g/mol. The summed E-state index contributed by atoms with van der Waals surface area (Å²) >= 11 is 0. The van der Waals surface area contributed by atoms with Crippen LogP contribution in [0.25, 0.3) is 5.65 Å². The maximum absolute atomic E-state index is 13.3. The summed E-state index contributed by atoms with van der Waals surface area (Å²) in [5.74, 6) is 1.83. The molecule has 5 rings (SSSR count). The van der Waals surface area contributed by atoms with Gasteiger partial charge in [-0.15, -0.1) is 0 Å². The Balaban J connectivity index is 1.40. The summed E-state index contributed by atoms with van der Waals surface area (Å²) in [6.45, 7) is 2.80. The van der Waals surface area contributed by atoms with Crippen molar-refractivity contribution < 1.29 is 9.53 Å². The molecule has 4 atom stereocenters. The van der Waals surface area contributed by atoms with E-state index >= 15 is 0 Å². The van der Waals surface area contributed by atoms with Crippen LogP contribution in [0.1, 0.15) is 61.8 Å². The first-order valence-corrected chi connectivity index (χ1v) is 12.8. The Hall–Kier alpha value is -3.40. The number of carbonyl (C=O) groups excluding carboxylic acids is 1. The molecule has 3 heterocycles. The van der Waals surface area contributed by atoms with E-state index in [1.54, 1.807) is 30.8 Å². The van der Waals surface area contributed by atoms with Gasteiger partial charge in [-0.2, -0.15) is 9.61 Å². The van der Waals surface area contributed by atoms with Crippen LogP contribution in [0.15, 0.2) is 35.4 Å². The number of pyridine rings is 1. The molecule has 3 N–H and O–H groups in total. The van der Waals surface area contributed by atoms with Crippen LogP contribution in [0, 0.1) is 11.8 Å². The third-order valence-corrected chi connectivity index (χ3v) is 7.69. The fourth-order valence-electron chi connectivity index (χ4n) is 5.45. The van der Waals surface area contributed by atoms with Crippen LogP contribution in [-0.2, 0) is 4.74 Å². The van der Waals surface area contributed by atoms with Crippen molar-refractivity contribution in [1.29, 1.82) is 0 Å². The van der Waals surface area contributed by atoms with Crippen LogP contribution in [0.4, 0.5) is 17.3 Å². The summed E-state index contributed by atoms with van der Waals surface area (Å²) in [6.07, 6.45) is 10.0. The van der Waals surface area contributed by atoms with Gasteiger partial charge in [0.15, 0.2) is 5.65 Å². The topological polar surface area (TPSA) is 115 Å². The van der Waals surface area contributed by atoms with Gasteiger partial charge in [-0.3, -0.25) is 9.59 Å². The fraction of sp³-hybridized carbons (Fsp3) is 0.538. The standard InChI is InChI=1S/C26H35N7O3/c1-16-6-4-7-18(12-16)32-11-5-8-20(26(32)35)30-22-13-23(27-2)33-24(31-22)19(15-29-33)25(34)28-14-17-9-10-21(17)36-3/h5,8,11,13,15-18,21,27H,4,6-7,9-10,12,14H2,1-3H3,(H,28,34)(H,30,31)/t16?,17-,18+,21+/m1/s1. The van der Waals surface area contributed by atoms with Gasteiger partial charge in [-0.05, 0) is 43.7 Å². The number of amides is 1. The molecule has 3 aromatic rings. The molecule has 2 fully saturated rings. The van der Waals surface area contributed by atoms with E-state index in [0.29, 0.717) is 46.9 Å². The Bertz CT molecular complexity index is 1300. The lowest BCUT2D eigenvalue weighted by atomic mass is 9.82. The molecule has 2 aliphatic carbocycles. The van der Waals surface area contributed by atoms with E-state index in [1.165, 1.54) is 12.6 Å². The SMILES string of the molecule is CNc1cc(Nc2cccn([C@H]3CCCC(C)C3)c2=O)nc2c(C(=O)NC[C@H]3CC[C@@H]3OC)cnn12.